The van der Waals surface area contributed by atoms with E-state index in [-0.39, 0.29) is 74.7 Å². The van der Waals surface area contributed by atoms with Gasteiger partial charge in [-0.25, -0.2) is 64.8 Å². The second-order valence-corrected chi connectivity index (χ2v) is 22.0. The van der Waals surface area contributed by atoms with Gasteiger partial charge in [0.2, 0.25) is 5.95 Å². The number of nitrogen functional groups attached to an aromatic ring is 3. The molecule has 8 heterocycles. The number of aromatic nitrogens is 20. The first-order valence-electron chi connectivity index (χ1n) is 29.9. The zero-order valence-corrected chi connectivity index (χ0v) is 51.9. The summed E-state index contributed by atoms with van der Waals surface area (Å²) in [7, 11) is 0. The molecule has 102 heavy (non-hydrogen) atoms. The fourth-order valence-electron chi connectivity index (χ4n) is 10.2. The van der Waals surface area contributed by atoms with Gasteiger partial charge in [-0.3, -0.25) is 30.5 Å². The summed E-state index contributed by atoms with van der Waals surface area (Å²) in [5.74, 6) is 8.23. The number of H-pyrrole nitrogens is 9. The SMILES string of the molecule is Nc1n[nH]c(-c2cc3c(/C=C/c4ccc(F)cc4)n[nH]c3cc2F)n1.Nn1c(-c2cc(F)c3n[nH]c(/C=C/c4ccc(F)cc4)c3c2)n[nH]c1=O.Nn1c(-c2cc3c(/C=C/c4ccc(F)cc4)n[nH]c3cc2F)n[nH]c1=O.O=c1[nH]nc(-c2cc3c(/C=C/c4ccc(F)cc4)n[nH]c3cc2F)[nH]1. The zero-order chi connectivity index (χ0) is 71.3. The van der Waals surface area contributed by atoms with Crippen LogP contribution in [-0.2, 0) is 0 Å². The van der Waals surface area contributed by atoms with E-state index in [1.165, 1.54) is 78.9 Å². The van der Waals surface area contributed by atoms with Crippen LogP contribution in [0.2, 0.25) is 0 Å². The highest BCUT2D eigenvalue weighted by Gasteiger charge is 2.20. The van der Waals surface area contributed by atoms with Gasteiger partial charge in [-0.1, -0.05) is 72.8 Å². The third-order valence-electron chi connectivity index (χ3n) is 15.3. The van der Waals surface area contributed by atoms with Crippen molar-refractivity contribution in [3.8, 4) is 45.6 Å². The fraction of sp³-hybridized carbons (Fsp3) is 0. The van der Waals surface area contributed by atoms with Crippen molar-refractivity contribution < 1.29 is 35.1 Å². The molecule has 0 saturated heterocycles. The van der Waals surface area contributed by atoms with E-state index in [0.717, 1.165) is 31.6 Å². The van der Waals surface area contributed by atoms with Crippen LogP contribution in [0.3, 0.4) is 0 Å². The molecule has 0 unspecified atom stereocenters. The summed E-state index contributed by atoms with van der Waals surface area (Å²) >= 11 is 0. The minimum atomic E-state index is -0.650. The van der Waals surface area contributed by atoms with E-state index in [1.807, 2.05) is 0 Å². The molecule has 16 aromatic rings. The summed E-state index contributed by atoms with van der Waals surface area (Å²) in [5, 5.41) is 54.2. The van der Waals surface area contributed by atoms with Gasteiger partial charge in [-0.2, -0.15) is 50.0 Å². The number of nitrogens with two attached hydrogens (primary N) is 3. The van der Waals surface area contributed by atoms with Gasteiger partial charge in [0, 0.05) is 45.3 Å². The molecular weight excluding hydrogens is 1340 g/mol. The lowest BCUT2D eigenvalue weighted by Crippen LogP contribution is -2.25. The third-order valence-corrected chi connectivity index (χ3v) is 15.3. The Hall–Kier alpha value is -14.6. The topological polar surface area (TPSA) is 397 Å². The summed E-state index contributed by atoms with van der Waals surface area (Å²) in [6, 6.07) is 35.4. The minimum Gasteiger partial charge on any atom is -0.366 e. The Labute approximate surface area is 563 Å². The Morgan fingerprint density at radius 3 is 1.17 bits per heavy atom. The van der Waals surface area contributed by atoms with Crippen LogP contribution in [-0.4, -0.2) is 101 Å². The van der Waals surface area contributed by atoms with Crippen LogP contribution < -0.4 is 34.5 Å². The Bertz CT molecular complexity index is 6070. The van der Waals surface area contributed by atoms with Crippen molar-refractivity contribution in [1.82, 2.24) is 101 Å². The van der Waals surface area contributed by atoms with Crippen LogP contribution in [0, 0.1) is 46.5 Å². The van der Waals surface area contributed by atoms with Gasteiger partial charge >= 0.3 is 17.1 Å². The summed E-state index contributed by atoms with van der Waals surface area (Å²) in [4.78, 5) is 40.4. The molecule has 0 amide bonds. The van der Waals surface area contributed by atoms with Crippen molar-refractivity contribution >= 4 is 98.2 Å². The van der Waals surface area contributed by atoms with Crippen LogP contribution >= 0.6 is 0 Å². The maximum atomic E-state index is 14.4. The van der Waals surface area contributed by atoms with Crippen LogP contribution in [0.1, 0.15) is 45.0 Å². The number of fused-ring (bicyclic) bond motifs is 4. The molecule has 34 heteroatoms. The average Bonchev–Trinajstić information content (AvgIpc) is 1.65. The standard InChI is InChI=1S/2C17H12F2N6O.C17H12F2N6.C17H11F2N5O/c18-11-4-1-9(2-5-11)3-6-14-12-7-10(8-13(19)15(12)22-21-14)16-23-24-17(26)25(16)20;18-10-4-1-9(2-5-10)3-6-14-12-7-11(13(19)8-15(12)22-21-14)16-23-24-17(26)25(16)20;18-10-4-1-9(2-5-10)3-6-14-12-7-11(16-21-17(20)25-24-16)13(19)8-15(12)23-22-14;18-10-4-1-9(2-5-10)3-6-14-12-7-11(16-20-17(25)24-23-16)13(19)8-15(12)22-21-14/h2*1-8H,20H2,(H,21,22)(H,24,26);1-8H,(H,22,23)(H3,20,21,24,25);1-8H,(H,21,22)(H2,20,23,24,25)/b4*6-3+. The molecule has 0 fully saturated rings. The quantitative estimate of drug-likeness (QED) is 0.0399. The highest BCUT2D eigenvalue weighted by Crippen LogP contribution is 2.32. The van der Waals surface area contributed by atoms with E-state index >= 15 is 0 Å². The molecule has 0 aliphatic heterocycles. The van der Waals surface area contributed by atoms with E-state index < -0.39 is 40.3 Å². The van der Waals surface area contributed by atoms with E-state index in [0.29, 0.717) is 66.4 Å². The van der Waals surface area contributed by atoms with Gasteiger partial charge in [0.15, 0.2) is 29.1 Å². The number of hydrogen-bond acceptors (Lipinski definition) is 15. The number of rotatable bonds is 12. The molecule has 8 aromatic carbocycles. The molecule has 0 aliphatic rings. The van der Waals surface area contributed by atoms with Crippen molar-refractivity contribution in [3.63, 3.8) is 0 Å². The second kappa shape index (κ2) is 28.2. The highest BCUT2D eigenvalue weighted by atomic mass is 19.2. The molecule has 0 atom stereocenters. The monoisotopic (exact) mass is 1390 g/mol. The Balaban J connectivity index is 0.000000121. The molecule has 26 nitrogen and oxygen atoms in total. The van der Waals surface area contributed by atoms with Gasteiger partial charge < -0.3 is 17.4 Å². The number of anilines is 1. The van der Waals surface area contributed by atoms with Gasteiger partial charge in [0.1, 0.15) is 46.2 Å². The minimum absolute atomic E-state index is 0.0240. The first-order valence-corrected chi connectivity index (χ1v) is 29.9. The van der Waals surface area contributed by atoms with E-state index in [1.54, 1.807) is 115 Å². The van der Waals surface area contributed by atoms with E-state index in [2.05, 4.69) is 91.5 Å². The molecule has 16 rings (SSSR count). The van der Waals surface area contributed by atoms with E-state index in [4.69, 9.17) is 17.4 Å². The number of nitrogens with zero attached hydrogens (tertiary/aromatic N) is 11. The summed E-state index contributed by atoms with van der Waals surface area (Å²) in [6.45, 7) is 0. The van der Waals surface area contributed by atoms with Crippen LogP contribution in [0.15, 0.2) is 160 Å². The summed E-state index contributed by atoms with van der Waals surface area (Å²) in [6.07, 6.45) is 14.0. The Morgan fingerprint density at radius 2 is 0.765 bits per heavy atom. The Morgan fingerprint density at radius 1 is 0.353 bits per heavy atom. The predicted octanol–water partition coefficient (Wildman–Crippen LogP) is 11.0. The number of halogens is 8. The number of benzene rings is 8. The zero-order valence-electron chi connectivity index (χ0n) is 51.9. The first-order chi connectivity index (χ1) is 49.2. The van der Waals surface area contributed by atoms with Gasteiger partial charge in [-0.05, 0) is 125 Å². The predicted molar refractivity (Wildman–Crippen MR) is 367 cm³/mol. The largest absolute Gasteiger partial charge is 0.366 e. The van der Waals surface area contributed by atoms with Gasteiger partial charge in [0.05, 0.1) is 56.0 Å². The highest BCUT2D eigenvalue weighted by molar-refractivity contribution is 5.96. The Kier molecular flexibility index (Phi) is 18.3. The molecule has 8 aromatic heterocycles. The van der Waals surface area contributed by atoms with Crippen LogP contribution in [0.25, 0.3) is 138 Å². The lowest BCUT2D eigenvalue weighted by molar-refractivity contribution is 0.627. The molecule has 0 saturated carbocycles. The van der Waals surface area contributed by atoms with Crippen molar-refractivity contribution in [2.45, 2.75) is 0 Å². The average molecular weight is 1390 g/mol. The third kappa shape index (κ3) is 14.4. The summed E-state index contributed by atoms with van der Waals surface area (Å²) in [5.41, 5.74) is 11.7. The van der Waals surface area contributed by atoms with Crippen molar-refractivity contribution in [1.29, 1.82) is 0 Å². The smallest absolute Gasteiger partial charge is 0.362 e. The molecule has 15 N–H and O–H groups in total. The maximum absolute atomic E-state index is 14.4. The van der Waals surface area contributed by atoms with Gasteiger partial charge in [-0.15, -0.1) is 5.10 Å². The molecule has 0 spiro atoms. The van der Waals surface area contributed by atoms with Crippen molar-refractivity contribution in [2.75, 3.05) is 17.4 Å². The van der Waals surface area contributed by atoms with Crippen LogP contribution in [0.5, 0.6) is 0 Å². The number of aromatic amines is 9. The first kappa shape index (κ1) is 66.0. The molecule has 0 aliphatic carbocycles. The number of hydrogen-bond donors (Lipinski definition) is 12. The van der Waals surface area contributed by atoms with E-state index in [9.17, 15) is 49.5 Å². The normalized spacial score (nSPS) is 11.6. The lowest BCUT2D eigenvalue weighted by Gasteiger charge is -2.02. The number of nitrogens with one attached hydrogen (secondary N) is 9. The molecule has 0 bridgehead atoms. The lowest BCUT2D eigenvalue weighted by atomic mass is 10.1. The van der Waals surface area contributed by atoms with Crippen LogP contribution in [0.4, 0.5) is 41.1 Å². The van der Waals surface area contributed by atoms with Crippen molar-refractivity contribution in [3.05, 3.63) is 269 Å². The molecule has 508 valence electrons. The maximum Gasteiger partial charge on any atom is 0.362 e. The van der Waals surface area contributed by atoms with Crippen molar-refractivity contribution in [2.24, 2.45) is 0 Å². The summed E-state index contributed by atoms with van der Waals surface area (Å²) < 4.78 is 111. The second-order valence-electron chi connectivity index (χ2n) is 22.0. The molecule has 0 radical (unpaired) electrons. The molecular formula is C68H47F8N23O3. The fourth-order valence-corrected chi connectivity index (χ4v) is 10.2. The van der Waals surface area contributed by atoms with Gasteiger partial charge in [0.25, 0.3) is 0 Å².